The molecule has 0 spiro atoms. The molecule has 1 heteroatoms. The molecule has 1 N–H and O–H groups in total. The van der Waals surface area contributed by atoms with Gasteiger partial charge in [0.2, 0.25) is 0 Å². The number of aryl methyl sites for hydroxylation is 3. The summed E-state index contributed by atoms with van der Waals surface area (Å²) in [6.07, 6.45) is 1.08. The summed E-state index contributed by atoms with van der Waals surface area (Å²) >= 11 is 0. The third-order valence-electron chi connectivity index (χ3n) is 3.32. The van der Waals surface area contributed by atoms with Crippen LogP contribution in [-0.2, 0) is 13.0 Å². The third kappa shape index (κ3) is 3.13. The van der Waals surface area contributed by atoms with Crippen LogP contribution in [0.15, 0.2) is 42.5 Å². The number of anilines is 1. The molecule has 0 aromatic heterocycles. The molecular formula is C17H21N. The van der Waals surface area contributed by atoms with E-state index in [1.165, 1.54) is 27.9 Å². The average Bonchev–Trinajstić information content (AvgIpc) is 2.40. The number of hydrogen-bond donors (Lipinski definition) is 1. The van der Waals surface area contributed by atoms with Crippen molar-refractivity contribution in [2.45, 2.75) is 33.7 Å². The fourth-order valence-electron chi connectivity index (χ4n) is 2.09. The molecule has 0 bridgehead atoms. The van der Waals surface area contributed by atoms with E-state index in [0.29, 0.717) is 0 Å². The molecule has 94 valence electrons. The van der Waals surface area contributed by atoms with Gasteiger partial charge in [-0.05, 0) is 49.1 Å². The van der Waals surface area contributed by atoms with E-state index >= 15 is 0 Å². The van der Waals surface area contributed by atoms with E-state index in [4.69, 9.17) is 0 Å². The zero-order valence-corrected chi connectivity index (χ0v) is 11.5. The van der Waals surface area contributed by atoms with Gasteiger partial charge in [-0.3, -0.25) is 0 Å². The largest absolute Gasteiger partial charge is 0.381 e. The Morgan fingerprint density at radius 3 is 2.61 bits per heavy atom. The highest BCUT2D eigenvalue weighted by molar-refractivity contribution is 5.47. The molecule has 0 saturated carbocycles. The highest BCUT2D eigenvalue weighted by atomic mass is 14.9. The zero-order valence-electron chi connectivity index (χ0n) is 11.5. The summed E-state index contributed by atoms with van der Waals surface area (Å²) in [6, 6.07) is 15.3. The molecule has 2 aromatic carbocycles. The Labute approximate surface area is 110 Å². The second kappa shape index (κ2) is 5.72. The Balaban J connectivity index is 2.08. The van der Waals surface area contributed by atoms with Gasteiger partial charge in [0.25, 0.3) is 0 Å². The SMILES string of the molecule is CCc1cccc(NCc2cc(C)ccc2C)c1. The Kier molecular flexibility index (Phi) is 4.03. The van der Waals surface area contributed by atoms with Gasteiger partial charge in [-0.25, -0.2) is 0 Å². The Morgan fingerprint density at radius 2 is 1.83 bits per heavy atom. The average molecular weight is 239 g/mol. The molecule has 0 atom stereocenters. The van der Waals surface area contributed by atoms with Crippen LogP contribution < -0.4 is 5.32 Å². The van der Waals surface area contributed by atoms with Crippen molar-refractivity contribution in [3.05, 3.63) is 64.7 Å². The molecular weight excluding hydrogens is 218 g/mol. The van der Waals surface area contributed by atoms with Gasteiger partial charge in [-0.1, -0.05) is 42.8 Å². The van der Waals surface area contributed by atoms with E-state index in [-0.39, 0.29) is 0 Å². The molecule has 0 aliphatic rings. The molecule has 2 rings (SSSR count). The summed E-state index contributed by atoms with van der Waals surface area (Å²) in [5, 5.41) is 3.50. The molecule has 0 aliphatic heterocycles. The maximum atomic E-state index is 3.50. The van der Waals surface area contributed by atoms with E-state index in [1.807, 2.05) is 0 Å². The van der Waals surface area contributed by atoms with Crippen molar-refractivity contribution in [1.29, 1.82) is 0 Å². The van der Waals surface area contributed by atoms with Gasteiger partial charge in [-0.15, -0.1) is 0 Å². The molecule has 0 heterocycles. The van der Waals surface area contributed by atoms with Crippen molar-refractivity contribution in [1.82, 2.24) is 0 Å². The van der Waals surface area contributed by atoms with Crippen molar-refractivity contribution >= 4 is 5.69 Å². The lowest BCUT2D eigenvalue weighted by atomic mass is 10.1. The van der Waals surface area contributed by atoms with Crippen molar-refractivity contribution in [2.75, 3.05) is 5.32 Å². The Hall–Kier alpha value is -1.76. The molecule has 0 saturated heterocycles. The number of rotatable bonds is 4. The standard InChI is InChI=1S/C17H21N/c1-4-15-6-5-7-17(11-15)18-12-16-10-13(2)8-9-14(16)3/h5-11,18H,4,12H2,1-3H3. The number of benzene rings is 2. The lowest BCUT2D eigenvalue weighted by Gasteiger charge is -2.11. The van der Waals surface area contributed by atoms with Crippen LogP contribution in [-0.4, -0.2) is 0 Å². The molecule has 1 nitrogen and oxygen atoms in total. The Bertz CT molecular complexity index is 529. The lowest BCUT2D eigenvalue weighted by Crippen LogP contribution is -2.02. The minimum atomic E-state index is 0.890. The van der Waals surface area contributed by atoms with Crippen LogP contribution in [0.3, 0.4) is 0 Å². The molecule has 0 fully saturated rings. The summed E-state index contributed by atoms with van der Waals surface area (Å²) in [4.78, 5) is 0. The Morgan fingerprint density at radius 1 is 1.00 bits per heavy atom. The van der Waals surface area contributed by atoms with Gasteiger partial charge in [0.1, 0.15) is 0 Å². The maximum absolute atomic E-state index is 3.50. The first-order valence-electron chi connectivity index (χ1n) is 6.58. The van der Waals surface area contributed by atoms with Crippen LogP contribution in [0.1, 0.15) is 29.2 Å². The normalized spacial score (nSPS) is 10.4. The molecule has 0 amide bonds. The van der Waals surface area contributed by atoms with Gasteiger partial charge in [0.15, 0.2) is 0 Å². The first kappa shape index (κ1) is 12.7. The van der Waals surface area contributed by atoms with Gasteiger partial charge in [-0.2, -0.15) is 0 Å². The van der Waals surface area contributed by atoms with Gasteiger partial charge in [0, 0.05) is 12.2 Å². The summed E-state index contributed by atoms with van der Waals surface area (Å²) in [6.45, 7) is 7.38. The van der Waals surface area contributed by atoms with E-state index in [9.17, 15) is 0 Å². The summed E-state index contributed by atoms with van der Waals surface area (Å²) < 4.78 is 0. The quantitative estimate of drug-likeness (QED) is 0.829. The predicted octanol–water partition coefficient (Wildman–Crippen LogP) is 4.48. The minimum Gasteiger partial charge on any atom is -0.381 e. The van der Waals surface area contributed by atoms with Crippen LogP contribution in [0.4, 0.5) is 5.69 Å². The van der Waals surface area contributed by atoms with Crippen LogP contribution in [0.25, 0.3) is 0 Å². The predicted molar refractivity (Wildman–Crippen MR) is 79.1 cm³/mol. The van der Waals surface area contributed by atoms with E-state index in [1.54, 1.807) is 0 Å². The van der Waals surface area contributed by atoms with Crippen LogP contribution in [0.2, 0.25) is 0 Å². The fourth-order valence-corrected chi connectivity index (χ4v) is 2.09. The second-order valence-corrected chi connectivity index (χ2v) is 4.84. The van der Waals surface area contributed by atoms with Gasteiger partial charge >= 0.3 is 0 Å². The molecule has 2 aromatic rings. The minimum absolute atomic E-state index is 0.890. The highest BCUT2D eigenvalue weighted by Gasteiger charge is 1.99. The molecule has 0 unspecified atom stereocenters. The van der Waals surface area contributed by atoms with Crippen molar-refractivity contribution < 1.29 is 0 Å². The first-order chi connectivity index (χ1) is 8.69. The first-order valence-corrected chi connectivity index (χ1v) is 6.58. The molecule has 0 radical (unpaired) electrons. The zero-order chi connectivity index (χ0) is 13.0. The van der Waals surface area contributed by atoms with Gasteiger partial charge in [0.05, 0.1) is 0 Å². The third-order valence-corrected chi connectivity index (χ3v) is 3.32. The van der Waals surface area contributed by atoms with Crippen molar-refractivity contribution in [3.63, 3.8) is 0 Å². The number of nitrogens with one attached hydrogen (secondary N) is 1. The summed E-state index contributed by atoms with van der Waals surface area (Å²) in [5.41, 5.74) is 6.62. The van der Waals surface area contributed by atoms with E-state index in [0.717, 1.165) is 13.0 Å². The monoisotopic (exact) mass is 239 g/mol. The lowest BCUT2D eigenvalue weighted by molar-refractivity contribution is 1.10. The van der Waals surface area contributed by atoms with Crippen molar-refractivity contribution in [2.24, 2.45) is 0 Å². The van der Waals surface area contributed by atoms with E-state index < -0.39 is 0 Å². The smallest absolute Gasteiger partial charge is 0.0403 e. The maximum Gasteiger partial charge on any atom is 0.0403 e. The highest BCUT2D eigenvalue weighted by Crippen LogP contribution is 2.15. The summed E-state index contributed by atoms with van der Waals surface area (Å²) in [5.74, 6) is 0. The second-order valence-electron chi connectivity index (χ2n) is 4.84. The molecule has 18 heavy (non-hydrogen) atoms. The number of hydrogen-bond acceptors (Lipinski definition) is 1. The van der Waals surface area contributed by atoms with Crippen molar-refractivity contribution in [3.8, 4) is 0 Å². The van der Waals surface area contributed by atoms with Crippen LogP contribution in [0, 0.1) is 13.8 Å². The molecule has 0 aliphatic carbocycles. The topological polar surface area (TPSA) is 12.0 Å². The summed E-state index contributed by atoms with van der Waals surface area (Å²) in [7, 11) is 0. The fraction of sp³-hybridized carbons (Fsp3) is 0.294. The van der Waals surface area contributed by atoms with E-state index in [2.05, 4.69) is 68.6 Å². The van der Waals surface area contributed by atoms with Crippen LogP contribution in [0.5, 0.6) is 0 Å². The van der Waals surface area contributed by atoms with Gasteiger partial charge < -0.3 is 5.32 Å². The van der Waals surface area contributed by atoms with Crippen LogP contribution >= 0.6 is 0 Å².